The van der Waals surface area contributed by atoms with Crippen LogP contribution in [0.4, 0.5) is 13.2 Å². The highest BCUT2D eigenvalue weighted by molar-refractivity contribution is 7.92. The van der Waals surface area contributed by atoms with E-state index in [9.17, 15) is 21.6 Å². The molecule has 0 bridgehead atoms. The predicted octanol–water partition coefficient (Wildman–Crippen LogP) is 2.48. The molecule has 7 heteroatoms. The summed E-state index contributed by atoms with van der Waals surface area (Å²) < 4.78 is 61.5. The molecule has 0 aliphatic carbocycles. The fourth-order valence-electron chi connectivity index (χ4n) is 1.55. The van der Waals surface area contributed by atoms with Gasteiger partial charge in [0.25, 0.3) is 0 Å². The molecule has 0 heterocycles. The van der Waals surface area contributed by atoms with Gasteiger partial charge < -0.3 is 5.32 Å². The number of nitrogens with one attached hydrogen (secondary N) is 1. The van der Waals surface area contributed by atoms with Gasteiger partial charge in [-0.05, 0) is 45.2 Å². The molecule has 108 valence electrons. The molecule has 1 N–H and O–H groups in total. The monoisotopic (exact) mass is 295 g/mol. The fourth-order valence-corrected chi connectivity index (χ4v) is 3.17. The first kappa shape index (κ1) is 16.0. The number of hydrogen-bond donors (Lipinski definition) is 1. The van der Waals surface area contributed by atoms with Crippen LogP contribution in [-0.2, 0) is 16.0 Å². The first-order valence-corrected chi connectivity index (χ1v) is 7.23. The summed E-state index contributed by atoms with van der Waals surface area (Å²) >= 11 is 0. The van der Waals surface area contributed by atoms with E-state index in [1.807, 2.05) is 0 Å². The Bertz CT molecular complexity index is 523. The molecule has 3 nitrogen and oxygen atoms in total. The largest absolute Gasteiger partial charge is 0.416 e. The summed E-state index contributed by atoms with van der Waals surface area (Å²) in [5, 5.41) is 2.09. The van der Waals surface area contributed by atoms with Gasteiger partial charge in [-0.1, -0.05) is 0 Å². The van der Waals surface area contributed by atoms with Gasteiger partial charge in [0.05, 0.1) is 15.7 Å². The lowest BCUT2D eigenvalue weighted by molar-refractivity contribution is -0.137. The summed E-state index contributed by atoms with van der Waals surface area (Å²) in [6.45, 7) is 3.22. The van der Waals surface area contributed by atoms with Crippen molar-refractivity contribution in [2.45, 2.75) is 36.2 Å². The average Bonchev–Trinajstić information content (AvgIpc) is 2.36. The Morgan fingerprint density at radius 2 is 1.58 bits per heavy atom. The normalized spacial score (nSPS) is 16.1. The van der Waals surface area contributed by atoms with Crippen molar-refractivity contribution in [3.8, 4) is 0 Å². The molecule has 0 spiro atoms. The van der Waals surface area contributed by atoms with Crippen molar-refractivity contribution in [3.63, 3.8) is 0 Å². The number of benzene rings is 1. The number of halogens is 3. The SMILES string of the molecule is CNC(C)C(C)S(=O)(=O)c1ccc(C(F)(F)F)cc1. The van der Waals surface area contributed by atoms with Gasteiger partial charge in [0, 0.05) is 6.04 Å². The van der Waals surface area contributed by atoms with E-state index in [4.69, 9.17) is 0 Å². The van der Waals surface area contributed by atoms with Gasteiger partial charge in [-0.2, -0.15) is 13.2 Å². The summed E-state index contributed by atoms with van der Waals surface area (Å²) in [7, 11) is -2.01. The molecular weight excluding hydrogens is 279 g/mol. The number of alkyl halides is 3. The Morgan fingerprint density at radius 3 is 1.95 bits per heavy atom. The minimum absolute atomic E-state index is 0.102. The predicted molar refractivity (Wildman–Crippen MR) is 66.6 cm³/mol. The topological polar surface area (TPSA) is 46.2 Å². The van der Waals surface area contributed by atoms with Crippen molar-refractivity contribution in [1.29, 1.82) is 0 Å². The zero-order valence-corrected chi connectivity index (χ0v) is 11.6. The molecule has 0 aliphatic rings. The van der Waals surface area contributed by atoms with Crippen LogP contribution >= 0.6 is 0 Å². The van der Waals surface area contributed by atoms with Crippen LogP contribution in [0.3, 0.4) is 0 Å². The smallest absolute Gasteiger partial charge is 0.316 e. The Balaban J connectivity index is 3.10. The lowest BCUT2D eigenvalue weighted by Crippen LogP contribution is -2.38. The molecule has 0 aliphatic heterocycles. The molecule has 19 heavy (non-hydrogen) atoms. The summed E-state index contributed by atoms with van der Waals surface area (Å²) in [6, 6.07) is 3.26. The third-order valence-corrected chi connectivity index (χ3v) is 5.48. The second-order valence-electron chi connectivity index (χ2n) is 4.35. The van der Waals surface area contributed by atoms with Gasteiger partial charge in [0.15, 0.2) is 9.84 Å². The highest BCUT2D eigenvalue weighted by Gasteiger charge is 2.32. The number of sulfone groups is 1. The first-order chi connectivity index (χ1) is 8.60. The fraction of sp³-hybridized carbons (Fsp3) is 0.500. The molecule has 0 fully saturated rings. The quantitative estimate of drug-likeness (QED) is 0.928. The summed E-state index contributed by atoms with van der Waals surface area (Å²) in [5.74, 6) is 0. The minimum Gasteiger partial charge on any atom is -0.316 e. The van der Waals surface area contributed by atoms with Crippen molar-refractivity contribution in [3.05, 3.63) is 29.8 Å². The van der Waals surface area contributed by atoms with E-state index in [1.54, 1.807) is 14.0 Å². The zero-order chi connectivity index (χ0) is 14.8. The van der Waals surface area contributed by atoms with Crippen molar-refractivity contribution in [2.24, 2.45) is 0 Å². The molecule has 0 saturated heterocycles. The lowest BCUT2D eigenvalue weighted by atomic mass is 10.2. The van der Waals surface area contributed by atoms with Crippen LogP contribution in [0.25, 0.3) is 0 Å². The van der Waals surface area contributed by atoms with Crippen LogP contribution in [0.2, 0.25) is 0 Å². The van der Waals surface area contributed by atoms with Crippen molar-refractivity contribution < 1.29 is 21.6 Å². The third-order valence-electron chi connectivity index (χ3n) is 3.16. The Kier molecular flexibility index (Phi) is 4.63. The van der Waals surface area contributed by atoms with Crippen molar-refractivity contribution in [2.75, 3.05) is 7.05 Å². The molecular formula is C12H16F3NO2S. The van der Waals surface area contributed by atoms with Gasteiger partial charge >= 0.3 is 6.18 Å². The lowest BCUT2D eigenvalue weighted by Gasteiger charge is -2.20. The number of rotatable bonds is 4. The third kappa shape index (κ3) is 3.48. The van der Waals surface area contributed by atoms with Gasteiger partial charge in [-0.25, -0.2) is 8.42 Å². The van der Waals surface area contributed by atoms with Crippen LogP contribution in [0, 0.1) is 0 Å². The molecule has 0 radical (unpaired) electrons. The molecule has 1 aromatic carbocycles. The second-order valence-corrected chi connectivity index (χ2v) is 6.65. The summed E-state index contributed by atoms with van der Waals surface area (Å²) in [6.07, 6.45) is -4.47. The maximum Gasteiger partial charge on any atom is 0.416 e. The maximum atomic E-state index is 12.4. The highest BCUT2D eigenvalue weighted by atomic mass is 32.2. The van der Waals surface area contributed by atoms with E-state index in [0.717, 1.165) is 24.3 Å². The van der Waals surface area contributed by atoms with E-state index in [-0.39, 0.29) is 10.9 Å². The molecule has 2 atom stereocenters. The second kappa shape index (κ2) is 5.50. The van der Waals surface area contributed by atoms with Gasteiger partial charge in [0.2, 0.25) is 0 Å². The van der Waals surface area contributed by atoms with E-state index < -0.39 is 26.8 Å². The average molecular weight is 295 g/mol. The van der Waals surface area contributed by atoms with Crippen LogP contribution in [0.1, 0.15) is 19.4 Å². The van der Waals surface area contributed by atoms with Crippen LogP contribution in [0.5, 0.6) is 0 Å². The summed E-state index contributed by atoms with van der Waals surface area (Å²) in [5.41, 5.74) is -0.860. The maximum absolute atomic E-state index is 12.4. The summed E-state index contributed by atoms with van der Waals surface area (Å²) in [4.78, 5) is -0.102. The standard InChI is InChI=1S/C12H16F3NO2S/c1-8(16-3)9(2)19(17,18)11-6-4-10(5-7-11)12(13,14)15/h4-9,16H,1-3H3. The van der Waals surface area contributed by atoms with Crippen LogP contribution in [-0.4, -0.2) is 26.8 Å². The number of hydrogen-bond acceptors (Lipinski definition) is 3. The molecule has 0 aromatic heterocycles. The van der Waals surface area contributed by atoms with Crippen LogP contribution in [0.15, 0.2) is 29.2 Å². The Hall–Kier alpha value is -1.08. The van der Waals surface area contributed by atoms with E-state index >= 15 is 0 Å². The highest BCUT2D eigenvalue weighted by Crippen LogP contribution is 2.30. The van der Waals surface area contributed by atoms with E-state index in [1.165, 1.54) is 6.92 Å². The Morgan fingerprint density at radius 1 is 1.11 bits per heavy atom. The van der Waals surface area contributed by atoms with Gasteiger partial charge in [-0.15, -0.1) is 0 Å². The molecule has 2 unspecified atom stereocenters. The molecule has 0 amide bonds. The van der Waals surface area contributed by atoms with E-state index in [0.29, 0.717) is 0 Å². The molecule has 0 saturated carbocycles. The van der Waals surface area contributed by atoms with Gasteiger partial charge in [0.1, 0.15) is 0 Å². The Labute approximate surface area is 110 Å². The first-order valence-electron chi connectivity index (χ1n) is 5.69. The van der Waals surface area contributed by atoms with Crippen LogP contribution < -0.4 is 5.32 Å². The van der Waals surface area contributed by atoms with Crippen molar-refractivity contribution in [1.82, 2.24) is 5.32 Å². The zero-order valence-electron chi connectivity index (χ0n) is 10.8. The van der Waals surface area contributed by atoms with E-state index in [2.05, 4.69) is 5.32 Å². The van der Waals surface area contributed by atoms with Gasteiger partial charge in [-0.3, -0.25) is 0 Å². The minimum atomic E-state index is -4.47. The molecule has 1 aromatic rings. The van der Waals surface area contributed by atoms with Crippen molar-refractivity contribution >= 4 is 9.84 Å². The molecule has 1 rings (SSSR count).